The van der Waals surface area contributed by atoms with Crippen LogP contribution in [0.25, 0.3) is 0 Å². The van der Waals surface area contributed by atoms with Gasteiger partial charge in [-0.1, -0.05) is 19.1 Å². The van der Waals surface area contributed by atoms with Gasteiger partial charge in [0.05, 0.1) is 6.61 Å². The van der Waals surface area contributed by atoms with Crippen LogP contribution >= 0.6 is 0 Å². The third kappa shape index (κ3) is 2.04. The Labute approximate surface area is 76.0 Å². The predicted octanol–water partition coefficient (Wildman–Crippen LogP) is 2.45. The van der Waals surface area contributed by atoms with Crippen molar-refractivity contribution in [3.8, 4) is 0 Å². The molecule has 1 atom stereocenters. The maximum Gasteiger partial charge on any atom is 0.162 e. The van der Waals surface area contributed by atoms with Crippen LogP contribution in [0.5, 0.6) is 0 Å². The summed E-state index contributed by atoms with van der Waals surface area (Å²) in [6.07, 6.45) is 0.594. The maximum atomic E-state index is 13.1. The average molecular weight is 186 g/mol. The molecule has 1 aromatic carbocycles. The molecular weight excluding hydrogens is 174 g/mol. The summed E-state index contributed by atoms with van der Waals surface area (Å²) in [6, 6.07) is 4.03. The monoisotopic (exact) mass is 186 g/mol. The van der Waals surface area contributed by atoms with Gasteiger partial charge < -0.3 is 5.11 Å². The standard InChI is InChI=1S/C10H12F2O/c1-2-7(6-13)8-4-3-5-9(11)10(8)12/h3-5,7,13H,2,6H2,1H3. The Hall–Kier alpha value is -0.960. The van der Waals surface area contributed by atoms with E-state index in [0.29, 0.717) is 6.42 Å². The highest BCUT2D eigenvalue weighted by Gasteiger charge is 2.15. The second kappa shape index (κ2) is 4.33. The Kier molecular flexibility index (Phi) is 3.37. The molecule has 13 heavy (non-hydrogen) atoms. The molecule has 0 saturated carbocycles. The van der Waals surface area contributed by atoms with Crippen LogP contribution in [0.2, 0.25) is 0 Å². The number of rotatable bonds is 3. The molecule has 0 amide bonds. The highest BCUT2D eigenvalue weighted by molar-refractivity contribution is 5.22. The van der Waals surface area contributed by atoms with Gasteiger partial charge in [0.2, 0.25) is 0 Å². The Morgan fingerprint density at radius 2 is 2.08 bits per heavy atom. The number of aliphatic hydroxyl groups is 1. The lowest BCUT2D eigenvalue weighted by molar-refractivity contribution is 0.258. The van der Waals surface area contributed by atoms with Crippen LogP contribution < -0.4 is 0 Å². The van der Waals surface area contributed by atoms with Gasteiger partial charge in [0, 0.05) is 5.92 Å². The van der Waals surface area contributed by atoms with E-state index in [-0.39, 0.29) is 18.1 Å². The summed E-state index contributed by atoms with van der Waals surface area (Å²) in [7, 11) is 0. The van der Waals surface area contributed by atoms with Gasteiger partial charge in [-0.05, 0) is 18.1 Å². The van der Waals surface area contributed by atoms with Gasteiger partial charge in [-0.25, -0.2) is 8.78 Å². The number of aliphatic hydroxyl groups excluding tert-OH is 1. The van der Waals surface area contributed by atoms with Crippen molar-refractivity contribution in [1.82, 2.24) is 0 Å². The molecule has 0 bridgehead atoms. The third-order valence-corrected chi connectivity index (χ3v) is 2.13. The van der Waals surface area contributed by atoms with E-state index in [4.69, 9.17) is 5.11 Å². The fourth-order valence-corrected chi connectivity index (χ4v) is 1.28. The Balaban J connectivity index is 3.05. The van der Waals surface area contributed by atoms with Crippen molar-refractivity contribution >= 4 is 0 Å². The molecule has 1 rings (SSSR count). The van der Waals surface area contributed by atoms with E-state index >= 15 is 0 Å². The van der Waals surface area contributed by atoms with E-state index in [1.807, 2.05) is 6.92 Å². The fraction of sp³-hybridized carbons (Fsp3) is 0.400. The molecule has 3 heteroatoms. The maximum absolute atomic E-state index is 13.1. The number of benzene rings is 1. The SMILES string of the molecule is CCC(CO)c1cccc(F)c1F. The molecular formula is C10H12F2O. The Morgan fingerprint density at radius 1 is 1.38 bits per heavy atom. The second-order valence-electron chi connectivity index (χ2n) is 2.93. The van der Waals surface area contributed by atoms with Crippen molar-refractivity contribution in [2.75, 3.05) is 6.61 Å². The minimum absolute atomic E-state index is 0.156. The molecule has 0 spiro atoms. The smallest absolute Gasteiger partial charge is 0.162 e. The summed E-state index contributed by atoms with van der Waals surface area (Å²) in [6.45, 7) is 1.67. The summed E-state index contributed by atoms with van der Waals surface area (Å²) in [5.74, 6) is -2.01. The first-order valence-corrected chi connectivity index (χ1v) is 4.25. The van der Waals surface area contributed by atoms with E-state index < -0.39 is 11.6 Å². The van der Waals surface area contributed by atoms with E-state index in [1.54, 1.807) is 0 Å². The average Bonchev–Trinajstić information content (AvgIpc) is 2.14. The van der Waals surface area contributed by atoms with Crippen molar-refractivity contribution in [2.45, 2.75) is 19.3 Å². The lowest BCUT2D eigenvalue weighted by Crippen LogP contribution is -2.06. The van der Waals surface area contributed by atoms with E-state index in [9.17, 15) is 8.78 Å². The number of hydrogen-bond acceptors (Lipinski definition) is 1. The van der Waals surface area contributed by atoms with E-state index in [1.165, 1.54) is 12.1 Å². The largest absolute Gasteiger partial charge is 0.396 e. The topological polar surface area (TPSA) is 20.2 Å². The van der Waals surface area contributed by atoms with Gasteiger partial charge in [0.1, 0.15) is 0 Å². The molecule has 0 saturated heterocycles. The van der Waals surface area contributed by atoms with Crippen molar-refractivity contribution in [3.63, 3.8) is 0 Å². The minimum Gasteiger partial charge on any atom is -0.396 e. The molecule has 0 aliphatic carbocycles. The molecule has 0 heterocycles. The minimum atomic E-state index is -0.857. The summed E-state index contributed by atoms with van der Waals surface area (Å²) in [5.41, 5.74) is 0.255. The number of hydrogen-bond donors (Lipinski definition) is 1. The van der Waals surface area contributed by atoms with Gasteiger partial charge in [-0.15, -0.1) is 0 Å². The predicted molar refractivity (Wildman–Crippen MR) is 46.5 cm³/mol. The first-order valence-electron chi connectivity index (χ1n) is 4.25. The summed E-state index contributed by atoms with van der Waals surface area (Å²) in [5, 5.41) is 8.91. The van der Waals surface area contributed by atoms with Gasteiger partial charge in [0.15, 0.2) is 11.6 Å². The summed E-state index contributed by atoms with van der Waals surface area (Å²) < 4.78 is 25.9. The van der Waals surface area contributed by atoms with Crippen molar-refractivity contribution in [2.24, 2.45) is 0 Å². The van der Waals surface area contributed by atoms with Crippen LogP contribution in [-0.4, -0.2) is 11.7 Å². The van der Waals surface area contributed by atoms with Crippen LogP contribution in [0.15, 0.2) is 18.2 Å². The van der Waals surface area contributed by atoms with Crippen LogP contribution in [0.3, 0.4) is 0 Å². The third-order valence-electron chi connectivity index (χ3n) is 2.13. The van der Waals surface area contributed by atoms with E-state index in [0.717, 1.165) is 6.07 Å². The molecule has 0 radical (unpaired) electrons. The molecule has 1 nitrogen and oxygen atoms in total. The summed E-state index contributed by atoms with van der Waals surface area (Å²) >= 11 is 0. The summed E-state index contributed by atoms with van der Waals surface area (Å²) in [4.78, 5) is 0. The molecule has 0 fully saturated rings. The van der Waals surface area contributed by atoms with Gasteiger partial charge >= 0.3 is 0 Å². The van der Waals surface area contributed by atoms with Gasteiger partial charge in [-0.2, -0.15) is 0 Å². The normalized spacial score (nSPS) is 12.9. The molecule has 0 aromatic heterocycles. The molecule has 1 N–H and O–H groups in total. The fourth-order valence-electron chi connectivity index (χ4n) is 1.28. The van der Waals surface area contributed by atoms with Crippen LogP contribution in [-0.2, 0) is 0 Å². The first kappa shape index (κ1) is 10.1. The van der Waals surface area contributed by atoms with Gasteiger partial charge in [0.25, 0.3) is 0 Å². The Bertz CT molecular complexity index is 282. The molecule has 72 valence electrons. The molecule has 0 aliphatic heterocycles. The molecule has 0 aliphatic rings. The zero-order chi connectivity index (χ0) is 9.84. The van der Waals surface area contributed by atoms with Crippen molar-refractivity contribution < 1.29 is 13.9 Å². The van der Waals surface area contributed by atoms with Crippen LogP contribution in [0.4, 0.5) is 8.78 Å². The molecule has 1 unspecified atom stereocenters. The highest BCUT2D eigenvalue weighted by Crippen LogP contribution is 2.23. The lowest BCUT2D eigenvalue weighted by Gasteiger charge is -2.12. The van der Waals surface area contributed by atoms with Gasteiger partial charge in [-0.3, -0.25) is 0 Å². The highest BCUT2D eigenvalue weighted by atomic mass is 19.2. The first-order chi connectivity index (χ1) is 6.20. The number of halogens is 2. The second-order valence-corrected chi connectivity index (χ2v) is 2.93. The quantitative estimate of drug-likeness (QED) is 0.768. The van der Waals surface area contributed by atoms with Crippen molar-refractivity contribution in [3.05, 3.63) is 35.4 Å². The van der Waals surface area contributed by atoms with E-state index in [2.05, 4.69) is 0 Å². The van der Waals surface area contributed by atoms with Crippen LogP contribution in [0.1, 0.15) is 24.8 Å². The van der Waals surface area contributed by atoms with Crippen LogP contribution in [0, 0.1) is 11.6 Å². The molecule has 1 aromatic rings. The lowest BCUT2D eigenvalue weighted by atomic mass is 9.97. The Morgan fingerprint density at radius 3 is 2.62 bits per heavy atom. The van der Waals surface area contributed by atoms with Crippen molar-refractivity contribution in [1.29, 1.82) is 0 Å². The zero-order valence-electron chi connectivity index (χ0n) is 7.43. The zero-order valence-corrected chi connectivity index (χ0v) is 7.43.